The van der Waals surface area contributed by atoms with E-state index in [-0.39, 0.29) is 5.97 Å². The number of methoxy groups -OCH3 is 1. The lowest BCUT2D eigenvalue weighted by atomic mass is 10.1. The van der Waals surface area contributed by atoms with E-state index in [4.69, 9.17) is 5.73 Å². The standard InChI is InChI=1S/C13H16N2O2/c1-8-3-4-9-10(5-6-12(16)17-2)13(14)15-11(9)7-8/h3-4,7,15H,5-6,14H2,1-2H3. The van der Waals surface area contributed by atoms with Gasteiger partial charge in [0.2, 0.25) is 0 Å². The highest BCUT2D eigenvalue weighted by Gasteiger charge is 2.11. The number of carbonyl (C=O) groups excluding carboxylic acids is 1. The van der Waals surface area contributed by atoms with Crippen LogP contribution in [0.2, 0.25) is 0 Å². The zero-order chi connectivity index (χ0) is 12.4. The first-order valence-corrected chi connectivity index (χ1v) is 5.55. The largest absolute Gasteiger partial charge is 0.469 e. The minimum absolute atomic E-state index is 0.217. The summed E-state index contributed by atoms with van der Waals surface area (Å²) in [6.07, 6.45) is 0.948. The Hall–Kier alpha value is -1.97. The highest BCUT2D eigenvalue weighted by Crippen LogP contribution is 2.26. The Morgan fingerprint density at radius 1 is 1.47 bits per heavy atom. The number of anilines is 1. The minimum Gasteiger partial charge on any atom is -0.469 e. The van der Waals surface area contributed by atoms with E-state index < -0.39 is 0 Å². The summed E-state index contributed by atoms with van der Waals surface area (Å²) in [7, 11) is 1.39. The van der Waals surface area contributed by atoms with Crippen molar-refractivity contribution in [2.75, 3.05) is 12.8 Å². The number of aromatic amines is 1. The quantitative estimate of drug-likeness (QED) is 0.797. The number of aryl methyl sites for hydroxylation is 2. The fraction of sp³-hybridized carbons (Fsp3) is 0.308. The number of rotatable bonds is 3. The summed E-state index contributed by atoms with van der Waals surface area (Å²) in [5.41, 5.74) is 9.11. The van der Waals surface area contributed by atoms with Crippen molar-refractivity contribution in [3.63, 3.8) is 0 Å². The Kier molecular flexibility index (Phi) is 3.04. The second-order valence-corrected chi connectivity index (χ2v) is 4.14. The number of hydrogen-bond acceptors (Lipinski definition) is 3. The van der Waals surface area contributed by atoms with Crippen LogP contribution in [0.4, 0.5) is 5.82 Å². The van der Waals surface area contributed by atoms with E-state index in [0.717, 1.165) is 16.5 Å². The van der Waals surface area contributed by atoms with Gasteiger partial charge >= 0.3 is 5.97 Å². The first kappa shape index (κ1) is 11.5. The summed E-state index contributed by atoms with van der Waals surface area (Å²) in [5, 5.41) is 1.08. The van der Waals surface area contributed by atoms with Crippen LogP contribution in [0.1, 0.15) is 17.5 Å². The Morgan fingerprint density at radius 3 is 2.94 bits per heavy atom. The monoisotopic (exact) mass is 232 g/mol. The molecule has 17 heavy (non-hydrogen) atoms. The number of nitrogens with one attached hydrogen (secondary N) is 1. The first-order chi connectivity index (χ1) is 8.11. The van der Waals surface area contributed by atoms with Gasteiger partial charge in [-0.1, -0.05) is 12.1 Å². The summed E-state index contributed by atoms with van der Waals surface area (Å²) in [4.78, 5) is 14.3. The molecule has 0 radical (unpaired) electrons. The van der Waals surface area contributed by atoms with Gasteiger partial charge in [0.25, 0.3) is 0 Å². The van der Waals surface area contributed by atoms with Gasteiger partial charge < -0.3 is 15.5 Å². The van der Waals surface area contributed by atoms with E-state index in [0.29, 0.717) is 18.7 Å². The molecule has 2 aromatic rings. The van der Waals surface area contributed by atoms with Crippen molar-refractivity contribution >= 4 is 22.7 Å². The van der Waals surface area contributed by atoms with Gasteiger partial charge in [-0.3, -0.25) is 4.79 Å². The molecule has 0 atom stereocenters. The summed E-state index contributed by atoms with van der Waals surface area (Å²) in [6, 6.07) is 6.12. The summed E-state index contributed by atoms with van der Waals surface area (Å²) >= 11 is 0. The molecule has 90 valence electrons. The molecule has 1 aromatic carbocycles. The SMILES string of the molecule is COC(=O)CCc1c(N)[nH]c2cc(C)ccc12. The van der Waals surface area contributed by atoms with Gasteiger partial charge in [0.1, 0.15) is 5.82 Å². The average Bonchev–Trinajstić information content (AvgIpc) is 2.61. The van der Waals surface area contributed by atoms with Gasteiger partial charge in [-0.25, -0.2) is 0 Å². The van der Waals surface area contributed by atoms with Crippen molar-refractivity contribution in [1.29, 1.82) is 0 Å². The van der Waals surface area contributed by atoms with E-state index in [1.165, 1.54) is 12.7 Å². The molecule has 2 rings (SSSR count). The van der Waals surface area contributed by atoms with Crippen LogP contribution in [0.15, 0.2) is 18.2 Å². The Bertz CT molecular complexity index is 558. The smallest absolute Gasteiger partial charge is 0.305 e. The van der Waals surface area contributed by atoms with Gasteiger partial charge in [-0.2, -0.15) is 0 Å². The maximum atomic E-state index is 11.1. The first-order valence-electron chi connectivity index (χ1n) is 5.55. The molecule has 0 spiro atoms. The van der Waals surface area contributed by atoms with Crippen LogP contribution in [0.25, 0.3) is 10.9 Å². The Balaban J connectivity index is 2.33. The van der Waals surface area contributed by atoms with Crippen LogP contribution in [0, 0.1) is 6.92 Å². The van der Waals surface area contributed by atoms with E-state index >= 15 is 0 Å². The van der Waals surface area contributed by atoms with Crippen LogP contribution < -0.4 is 5.73 Å². The number of benzene rings is 1. The molecule has 0 aliphatic rings. The van der Waals surface area contributed by atoms with E-state index in [1.807, 2.05) is 25.1 Å². The van der Waals surface area contributed by atoms with Crippen LogP contribution in [-0.4, -0.2) is 18.1 Å². The van der Waals surface area contributed by atoms with Crippen LogP contribution in [-0.2, 0) is 16.0 Å². The molecule has 4 nitrogen and oxygen atoms in total. The number of H-pyrrole nitrogens is 1. The zero-order valence-electron chi connectivity index (χ0n) is 10.0. The minimum atomic E-state index is -0.217. The highest BCUT2D eigenvalue weighted by atomic mass is 16.5. The summed E-state index contributed by atoms with van der Waals surface area (Å²) in [6.45, 7) is 2.03. The zero-order valence-corrected chi connectivity index (χ0v) is 10.0. The molecule has 0 bridgehead atoms. The Labute approximate surface area is 99.8 Å². The van der Waals surface area contributed by atoms with Crippen molar-refractivity contribution in [3.8, 4) is 0 Å². The van der Waals surface area contributed by atoms with Crippen LogP contribution in [0.3, 0.4) is 0 Å². The van der Waals surface area contributed by atoms with Crippen molar-refractivity contribution in [2.45, 2.75) is 19.8 Å². The van der Waals surface area contributed by atoms with E-state index in [2.05, 4.69) is 9.72 Å². The maximum Gasteiger partial charge on any atom is 0.305 e. The number of aromatic nitrogens is 1. The lowest BCUT2D eigenvalue weighted by Crippen LogP contribution is -2.02. The molecule has 0 aliphatic carbocycles. The third-order valence-corrected chi connectivity index (χ3v) is 2.90. The molecule has 0 aliphatic heterocycles. The van der Waals surface area contributed by atoms with Crippen LogP contribution >= 0.6 is 0 Å². The highest BCUT2D eigenvalue weighted by molar-refractivity contribution is 5.89. The second kappa shape index (κ2) is 4.49. The molecule has 0 amide bonds. The molecule has 0 unspecified atom stereocenters. The molecular weight excluding hydrogens is 216 g/mol. The van der Waals surface area contributed by atoms with Crippen molar-refractivity contribution < 1.29 is 9.53 Å². The third-order valence-electron chi connectivity index (χ3n) is 2.90. The summed E-state index contributed by atoms with van der Waals surface area (Å²) in [5.74, 6) is 0.417. The molecule has 4 heteroatoms. The number of esters is 1. The van der Waals surface area contributed by atoms with Crippen molar-refractivity contribution in [3.05, 3.63) is 29.3 Å². The van der Waals surface area contributed by atoms with E-state index in [9.17, 15) is 4.79 Å². The lowest BCUT2D eigenvalue weighted by molar-refractivity contribution is -0.140. The Morgan fingerprint density at radius 2 is 2.24 bits per heavy atom. The average molecular weight is 232 g/mol. The fourth-order valence-corrected chi connectivity index (χ4v) is 1.99. The molecular formula is C13H16N2O2. The fourth-order valence-electron chi connectivity index (χ4n) is 1.99. The predicted molar refractivity (Wildman–Crippen MR) is 67.8 cm³/mol. The van der Waals surface area contributed by atoms with Gasteiger partial charge in [0, 0.05) is 22.9 Å². The van der Waals surface area contributed by atoms with Crippen molar-refractivity contribution in [1.82, 2.24) is 4.98 Å². The molecule has 1 aromatic heterocycles. The topological polar surface area (TPSA) is 68.1 Å². The number of nitrogen functional groups attached to an aromatic ring is 1. The number of ether oxygens (including phenoxy) is 1. The number of nitrogens with two attached hydrogens (primary N) is 1. The van der Waals surface area contributed by atoms with Crippen molar-refractivity contribution in [2.24, 2.45) is 0 Å². The maximum absolute atomic E-state index is 11.1. The van der Waals surface area contributed by atoms with Gasteiger partial charge in [0.05, 0.1) is 7.11 Å². The number of carbonyl (C=O) groups is 1. The molecule has 1 heterocycles. The normalized spacial score (nSPS) is 10.7. The van der Waals surface area contributed by atoms with Gasteiger partial charge in [-0.05, 0) is 25.0 Å². The molecule has 3 N–H and O–H groups in total. The number of fused-ring (bicyclic) bond motifs is 1. The van der Waals surface area contributed by atoms with E-state index in [1.54, 1.807) is 0 Å². The lowest BCUT2D eigenvalue weighted by Gasteiger charge is -2.00. The molecule has 0 saturated carbocycles. The number of hydrogen-bond donors (Lipinski definition) is 2. The molecule has 0 fully saturated rings. The second-order valence-electron chi connectivity index (χ2n) is 4.14. The van der Waals surface area contributed by atoms with Gasteiger partial charge in [-0.15, -0.1) is 0 Å². The third kappa shape index (κ3) is 2.25. The van der Waals surface area contributed by atoms with Gasteiger partial charge in [0.15, 0.2) is 0 Å². The molecule has 0 saturated heterocycles. The predicted octanol–water partition coefficient (Wildman–Crippen LogP) is 2.16. The summed E-state index contributed by atoms with van der Waals surface area (Å²) < 4.78 is 4.63. The van der Waals surface area contributed by atoms with Crippen LogP contribution in [0.5, 0.6) is 0 Å².